The number of aromatic nitrogens is 3. The molecule has 0 amide bonds. The van der Waals surface area contributed by atoms with E-state index in [2.05, 4.69) is 14.9 Å². The Kier molecular flexibility index (Phi) is 4.59. The fraction of sp³-hybridized carbons (Fsp3) is 0.455. The van der Waals surface area contributed by atoms with Crippen molar-refractivity contribution in [3.05, 3.63) is 48.4 Å². The van der Waals surface area contributed by atoms with Gasteiger partial charge < -0.3 is 10.0 Å². The van der Waals surface area contributed by atoms with Crippen LogP contribution in [0.25, 0.3) is 11.0 Å². The molecule has 2 fully saturated rings. The van der Waals surface area contributed by atoms with Crippen LogP contribution in [-0.4, -0.2) is 46.7 Å². The first-order chi connectivity index (χ1) is 14.3. The third-order valence-corrected chi connectivity index (χ3v) is 8.53. The molecule has 0 radical (unpaired) electrons. The SMILES string of the molecule is Cc1ccc(S(=O)(=O)n2ccc3c(N(C)[C@H]4CC5C[C@H](O)C[C@@H]5C4)ncnc32)cc1. The van der Waals surface area contributed by atoms with Gasteiger partial charge in [0.05, 0.1) is 16.4 Å². The molecule has 2 aromatic heterocycles. The summed E-state index contributed by atoms with van der Waals surface area (Å²) in [5, 5.41) is 10.6. The normalized spacial score (nSPS) is 26.2. The number of aryl methyl sites for hydroxylation is 1. The molecule has 5 rings (SSSR count). The quantitative estimate of drug-likeness (QED) is 0.690. The van der Waals surface area contributed by atoms with E-state index in [9.17, 15) is 13.5 Å². The summed E-state index contributed by atoms with van der Waals surface area (Å²) in [5.74, 6) is 1.89. The van der Waals surface area contributed by atoms with E-state index in [4.69, 9.17) is 0 Å². The third kappa shape index (κ3) is 3.09. The van der Waals surface area contributed by atoms with Crippen molar-refractivity contribution in [2.24, 2.45) is 11.8 Å². The number of anilines is 1. The number of aliphatic hydroxyl groups excluding tert-OH is 1. The van der Waals surface area contributed by atoms with Gasteiger partial charge in [-0.2, -0.15) is 0 Å². The van der Waals surface area contributed by atoms with Crippen LogP contribution in [0, 0.1) is 18.8 Å². The highest BCUT2D eigenvalue weighted by Gasteiger charge is 2.42. The zero-order valence-corrected chi connectivity index (χ0v) is 18.0. The van der Waals surface area contributed by atoms with Crippen molar-refractivity contribution in [3.8, 4) is 0 Å². The molecule has 0 bridgehead atoms. The molecule has 0 aliphatic heterocycles. The number of fused-ring (bicyclic) bond motifs is 2. The summed E-state index contributed by atoms with van der Waals surface area (Å²) in [6, 6.07) is 8.95. The highest BCUT2D eigenvalue weighted by molar-refractivity contribution is 7.90. The van der Waals surface area contributed by atoms with Crippen LogP contribution in [0.1, 0.15) is 31.2 Å². The molecule has 2 aliphatic rings. The molecule has 8 heteroatoms. The lowest BCUT2D eigenvalue weighted by Gasteiger charge is -2.27. The highest BCUT2D eigenvalue weighted by atomic mass is 32.2. The Labute approximate surface area is 176 Å². The van der Waals surface area contributed by atoms with E-state index in [1.54, 1.807) is 36.5 Å². The summed E-state index contributed by atoms with van der Waals surface area (Å²) >= 11 is 0. The van der Waals surface area contributed by atoms with E-state index < -0.39 is 10.0 Å². The largest absolute Gasteiger partial charge is 0.393 e. The molecule has 1 unspecified atom stereocenters. The lowest BCUT2D eigenvalue weighted by atomic mass is 10.0. The molecule has 2 aliphatic carbocycles. The first kappa shape index (κ1) is 19.5. The Morgan fingerprint density at radius 2 is 1.70 bits per heavy atom. The minimum atomic E-state index is -3.74. The Morgan fingerprint density at radius 1 is 1.03 bits per heavy atom. The maximum atomic E-state index is 13.2. The number of benzene rings is 1. The smallest absolute Gasteiger partial charge is 0.269 e. The molecular weight excluding hydrogens is 400 g/mol. The maximum Gasteiger partial charge on any atom is 0.269 e. The molecule has 0 saturated heterocycles. The second-order valence-electron chi connectivity index (χ2n) is 8.75. The van der Waals surface area contributed by atoms with Gasteiger partial charge in [0.2, 0.25) is 0 Å². The Bertz CT molecular complexity index is 1170. The fourth-order valence-electron chi connectivity index (χ4n) is 5.26. The van der Waals surface area contributed by atoms with Gasteiger partial charge in [-0.3, -0.25) is 0 Å². The molecule has 30 heavy (non-hydrogen) atoms. The molecule has 1 aromatic carbocycles. The van der Waals surface area contributed by atoms with Crippen molar-refractivity contribution in [2.75, 3.05) is 11.9 Å². The molecular formula is C22H26N4O3S. The minimum absolute atomic E-state index is 0.155. The van der Waals surface area contributed by atoms with Crippen LogP contribution < -0.4 is 4.90 Å². The fourth-order valence-corrected chi connectivity index (χ4v) is 6.56. The zero-order chi connectivity index (χ0) is 21.0. The molecule has 2 saturated carbocycles. The lowest BCUT2D eigenvalue weighted by molar-refractivity contribution is 0.171. The number of nitrogens with zero attached hydrogens (tertiary/aromatic N) is 4. The Balaban J connectivity index is 1.49. The van der Waals surface area contributed by atoms with Crippen LogP contribution in [0.15, 0.2) is 47.8 Å². The first-order valence-electron chi connectivity index (χ1n) is 10.4. The highest BCUT2D eigenvalue weighted by Crippen LogP contribution is 2.46. The summed E-state index contributed by atoms with van der Waals surface area (Å²) in [5.41, 5.74) is 1.40. The van der Waals surface area contributed by atoms with Gasteiger partial charge in [0.1, 0.15) is 12.1 Å². The second-order valence-corrected chi connectivity index (χ2v) is 10.6. The first-order valence-corrected chi connectivity index (χ1v) is 11.8. The van der Waals surface area contributed by atoms with Crippen molar-refractivity contribution in [2.45, 2.75) is 49.6 Å². The lowest BCUT2D eigenvalue weighted by Crippen LogP contribution is -2.31. The van der Waals surface area contributed by atoms with Gasteiger partial charge in [0.15, 0.2) is 5.65 Å². The van der Waals surface area contributed by atoms with E-state index in [0.29, 0.717) is 23.5 Å². The topological polar surface area (TPSA) is 88.3 Å². The van der Waals surface area contributed by atoms with Crippen molar-refractivity contribution >= 4 is 26.9 Å². The third-order valence-electron chi connectivity index (χ3n) is 6.85. The molecule has 1 N–H and O–H groups in total. The Hall–Kier alpha value is -2.45. The standard InChI is InChI=1S/C22H26N4O3S/c1-14-3-5-19(6-4-14)30(28,29)26-8-7-20-21(23-13-24-22(20)26)25(2)17-9-15-11-18(27)12-16(15)10-17/h3-8,13,15-18,27H,9-12H2,1-2H3/t15-,16?,17+,18+/m0/s1. The van der Waals surface area contributed by atoms with Gasteiger partial charge in [-0.1, -0.05) is 17.7 Å². The molecule has 4 atom stereocenters. The van der Waals surface area contributed by atoms with Gasteiger partial charge >= 0.3 is 0 Å². The van der Waals surface area contributed by atoms with Crippen molar-refractivity contribution in [1.82, 2.24) is 13.9 Å². The summed E-state index contributed by atoms with van der Waals surface area (Å²) in [6.07, 6.45) is 6.69. The number of aliphatic hydroxyl groups is 1. The predicted octanol–water partition coefficient (Wildman–Crippen LogP) is 2.96. The van der Waals surface area contributed by atoms with E-state index in [-0.39, 0.29) is 11.0 Å². The number of hydrogen-bond acceptors (Lipinski definition) is 6. The van der Waals surface area contributed by atoms with E-state index in [1.807, 2.05) is 14.0 Å². The van der Waals surface area contributed by atoms with Crippen LogP contribution in [0.4, 0.5) is 5.82 Å². The van der Waals surface area contributed by atoms with E-state index in [1.165, 1.54) is 10.3 Å². The molecule has 7 nitrogen and oxygen atoms in total. The van der Waals surface area contributed by atoms with E-state index >= 15 is 0 Å². The molecule has 0 spiro atoms. The summed E-state index contributed by atoms with van der Waals surface area (Å²) in [6.45, 7) is 1.93. The van der Waals surface area contributed by atoms with Gasteiger partial charge in [-0.25, -0.2) is 22.4 Å². The molecule has 158 valence electrons. The van der Waals surface area contributed by atoms with Crippen molar-refractivity contribution in [1.29, 1.82) is 0 Å². The monoisotopic (exact) mass is 426 g/mol. The van der Waals surface area contributed by atoms with Crippen molar-refractivity contribution < 1.29 is 13.5 Å². The summed E-state index contributed by atoms with van der Waals surface area (Å²) in [4.78, 5) is 11.2. The number of hydrogen-bond donors (Lipinski definition) is 1. The molecule has 3 aromatic rings. The minimum Gasteiger partial charge on any atom is -0.393 e. The van der Waals surface area contributed by atoms with Gasteiger partial charge in [0, 0.05) is 19.3 Å². The van der Waals surface area contributed by atoms with Crippen molar-refractivity contribution in [3.63, 3.8) is 0 Å². The second kappa shape index (κ2) is 7.06. The van der Waals surface area contributed by atoms with Crippen LogP contribution in [0.3, 0.4) is 0 Å². The van der Waals surface area contributed by atoms with Gasteiger partial charge in [-0.05, 0) is 62.6 Å². The van der Waals surface area contributed by atoms with Gasteiger partial charge in [0.25, 0.3) is 10.0 Å². The summed E-state index contributed by atoms with van der Waals surface area (Å²) < 4.78 is 27.6. The van der Waals surface area contributed by atoms with Crippen LogP contribution in [-0.2, 0) is 10.0 Å². The average molecular weight is 427 g/mol. The van der Waals surface area contributed by atoms with Crippen LogP contribution in [0.2, 0.25) is 0 Å². The van der Waals surface area contributed by atoms with Crippen LogP contribution >= 0.6 is 0 Å². The molecule has 2 heterocycles. The number of rotatable bonds is 4. The van der Waals surface area contributed by atoms with Crippen LogP contribution in [0.5, 0.6) is 0 Å². The summed E-state index contributed by atoms with van der Waals surface area (Å²) in [7, 11) is -1.72. The van der Waals surface area contributed by atoms with E-state index in [0.717, 1.165) is 42.5 Å². The predicted molar refractivity (Wildman–Crippen MR) is 115 cm³/mol. The van der Waals surface area contributed by atoms with Gasteiger partial charge in [-0.15, -0.1) is 0 Å². The Morgan fingerprint density at radius 3 is 2.37 bits per heavy atom. The average Bonchev–Trinajstić information content (AvgIpc) is 3.40. The zero-order valence-electron chi connectivity index (χ0n) is 17.1. The maximum absolute atomic E-state index is 13.2.